The summed E-state index contributed by atoms with van der Waals surface area (Å²) in [6, 6.07) is 1.03. The normalized spacial score (nSPS) is 26.5. The number of nitrogens with one attached hydrogen (secondary N) is 3. The molecule has 1 amide bonds. The van der Waals surface area contributed by atoms with Crippen LogP contribution in [-0.4, -0.2) is 70.7 Å². The van der Waals surface area contributed by atoms with Crippen molar-refractivity contribution in [2.45, 2.75) is 24.9 Å². The highest BCUT2D eigenvalue weighted by Gasteiger charge is 2.36. The van der Waals surface area contributed by atoms with Crippen molar-refractivity contribution >= 4 is 17.4 Å². The van der Waals surface area contributed by atoms with Gasteiger partial charge < -0.3 is 20.5 Å². The van der Waals surface area contributed by atoms with Gasteiger partial charge in [-0.3, -0.25) is 4.79 Å². The maximum Gasteiger partial charge on any atom is 0.261 e. The molecule has 2 fully saturated rings. The molecule has 0 saturated carbocycles. The molecule has 5 rings (SSSR count). The molecule has 0 spiro atoms. The highest BCUT2D eigenvalue weighted by Crippen LogP contribution is 2.30. The number of halogens is 2. The van der Waals surface area contributed by atoms with E-state index in [0.29, 0.717) is 17.6 Å². The summed E-state index contributed by atoms with van der Waals surface area (Å²) in [7, 11) is 1.60. The lowest BCUT2D eigenvalue weighted by Crippen LogP contribution is -2.42. The van der Waals surface area contributed by atoms with E-state index < -0.39 is 18.4 Å². The van der Waals surface area contributed by atoms with Crippen LogP contribution >= 0.6 is 0 Å². The summed E-state index contributed by atoms with van der Waals surface area (Å²) in [5, 5.41) is 11.6. The van der Waals surface area contributed by atoms with Crippen molar-refractivity contribution in [1.29, 1.82) is 0 Å². The van der Waals surface area contributed by atoms with Crippen molar-refractivity contribution in [2.24, 2.45) is 5.92 Å². The number of amides is 1. The van der Waals surface area contributed by atoms with Crippen molar-refractivity contribution in [1.82, 2.24) is 35.7 Å². The lowest BCUT2D eigenvalue weighted by molar-refractivity contribution is 0.0882. The first kappa shape index (κ1) is 18.3. The smallest absolute Gasteiger partial charge is 0.261 e. The van der Waals surface area contributed by atoms with Crippen LogP contribution in [0.1, 0.15) is 16.8 Å². The third kappa shape index (κ3) is 3.19. The second-order valence-corrected chi connectivity index (χ2v) is 7.77. The van der Waals surface area contributed by atoms with E-state index in [2.05, 4.69) is 31.0 Å². The molecule has 0 radical (unpaired) electrons. The predicted octanol–water partition coefficient (Wildman–Crippen LogP) is 0.182. The number of alkyl halides is 2. The number of aromatic nitrogens is 3. The predicted molar refractivity (Wildman–Crippen MR) is 101 cm³/mol. The van der Waals surface area contributed by atoms with Gasteiger partial charge in [-0.1, -0.05) is 0 Å². The first-order valence-corrected chi connectivity index (χ1v) is 9.61. The minimum atomic E-state index is -2.65. The Hall–Kier alpha value is -2.79. The number of fused-ring (bicyclic) bond motifs is 3. The molecule has 9 nitrogen and oxygen atoms in total. The van der Waals surface area contributed by atoms with Gasteiger partial charge >= 0.3 is 0 Å². The number of carbonyl (C=O) groups excluding carboxylic acids is 1. The van der Waals surface area contributed by atoms with Gasteiger partial charge in [-0.05, 0) is 24.9 Å². The number of carbonyl (C=O) groups is 1. The van der Waals surface area contributed by atoms with Crippen LogP contribution in [0.15, 0.2) is 30.4 Å². The highest BCUT2D eigenvalue weighted by molar-refractivity contribution is 6.00. The Morgan fingerprint density at radius 1 is 1.38 bits per heavy atom. The van der Waals surface area contributed by atoms with Crippen LogP contribution in [0.4, 0.5) is 14.6 Å². The SMILES string of the molecule is CN1C=C(NC(=O)c2cnn3ccc(N4C[C@@H]5CNC[C@H]4C5)nc23)C(C(F)F)N1. The average Bonchev–Trinajstić information content (AvgIpc) is 3.36. The number of nitrogens with zero attached hydrogens (tertiary/aromatic N) is 5. The van der Waals surface area contributed by atoms with Gasteiger partial charge in [0.25, 0.3) is 12.3 Å². The second kappa shape index (κ2) is 6.92. The van der Waals surface area contributed by atoms with Gasteiger partial charge in [0.1, 0.15) is 17.4 Å². The number of hydrogen-bond acceptors (Lipinski definition) is 7. The number of anilines is 1. The van der Waals surface area contributed by atoms with Crippen LogP contribution in [0.2, 0.25) is 0 Å². The molecular formula is C18H22F2N8O. The fourth-order valence-corrected chi connectivity index (χ4v) is 4.39. The van der Waals surface area contributed by atoms with Crippen molar-refractivity contribution in [2.75, 3.05) is 31.6 Å². The van der Waals surface area contributed by atoms with E-state index in [4.69, 9.17) is 0 Å². The largest absolute Gasteiger partial charge is 0.352 e. The van der Waals surface area contributed by atoms with Gasteiger partial charge in [-0.15, -0.1) is 0 Å². The molecule has 2 aromatic heterocycles. The summed E-state index contributed by atoms with van der Waals surface area (Å²) in [6.07, 6.45) is 3.11. The summed E-state index contributed by atoms with van der Waals surface area (Å²) in [4.78, 5) is 19.8. The maximum atomic E-state index is 13.2. The van der Waals surface area contributed by atoms with E-state index in [1.807, 2.05) is 6.07 Å². The molecule has 29 heavy (non-hydrogen) atoms. The Morgan fingerprint density at radius 2 is 2.24 bits per heavy atom. The Labute approximate surface area is 165 Å². The summed E-state index contributed by atoms with van der Waals surface area (Å²) < 4.78 is 28.0. The minimum Gasteiger partial charge on any atom is -0.352 e. The third-order valence-corrected chi connectivity index (χ3v) is 5.73. The van der Waals surface area contributed by atoms with Gasteiger partial charge in [-0.25, -0.2) is 23.7 Å². The molecule has 2 saturated heterocycles. The molecule has 0 aliphatic carbocycles. The van der Waals surface area contributed by atoms with Gasteiger partial charge in [0.2, 0.25) is 0 Å². The van der Waals surface area contributed by atoms with Crippen LogP contribution in [0.5, 0.6) is 0 Å². The lowest BCUT2D eigenvalue weighted by atomic mass is 10.0. The molecule has 11 heteroatoms. The van der Waals surface area contributed by atoms with Gasteiger partial charge in [0.05, 0.1) is 11.9 Å². The number of hydrazine groups is 1. The molecule has 0 aromatic carbocycles. The van der Waals surface area contributed by atoms with Crippen LogP contribution in [-0.2, 0) is 0 Å². The van der Waals surface area contributed by atoms with E-state index in [1.165, 1.54) is 21.9 Å². The van der Waals surface area contributed by atoms with Crippen LogP contribution < -0.4 is 21.0 Å². The Balaban J connectivity index is 1.42. The van der Waals surface area contributed by atoms with Crippen molar-refractivity contribution in [3.05, 3.63) is 35.9 Å². The molecule has 154 valence electrons. The van der Waals surface area contributed by atoms with E-state index in [-0.39, 0.29) is 11.3 Å². The van der Waals surface area contributed by atoms with Gasteiger partial charge in [0.15, 0.2) is 5.65 Å². The summed E-state index contributed by atoms with van der Waals surface area (Å²) >= 11 is 0. The first-order chi connectivity index (χ1) is 14.0. The van der Waals surface area contributed by atoms with Crippen molar-refractivity contribution in [3.63, 3.8) is 0 Å². The Morgan fingerprint density at radius 3 is 3.03 bits per heavy atom. The zero-order valence-corrected chi connectivity index (χ0v) is 15.8. The fourth-order valence-electron chi connectivity index (χ4n) is 4.39. The zero-order chi connectivity index (χ0) is 20.1. The van der Waals surface area contributed by atoms with Crippen LogP contribution in [0.3, 0.4) is 0 Å². The molecule has 2 aromatic rings. The molecule has 1 unspecified atom stereocenters. The lowest BCUT2D eigenvalue weighted by Gasteiger charge is -2.25. The molecule has 5 heterocycles. The second-order valence-electron chi connectivity index (χ2n) is 7.77. The third-order valence-electron chi connectivity index (χ3n) is 5.73. The van der Waals surface area contributed by atoms with Crippen LogP contribution in [0.25, 0.3) is 5.65 Å². The minimum absolute atomic E-state index is 0.113. The van der Waals surface area contributed by atoms with Gasteiger partial charge in [0, 0.05) is 38.6 Å². The van der Waals surface area contributed by atoms with Gasteiger partial charge in [-0.2, -0.15) is 5.10 Å². The van der Waals surface area contributed by atoms with E-state index in [1.54, 1.807) is 13.2 Å². The van der Waals surface area contributed by atoms with E-state index in [9.17, 15) is 13.6 Å². The van der Waals surface area contributed by atoms with E-state index >= 15 is 0 Å². The fraction of sp³-hybridized carbons (Fsp3) is 0.500. The first-order valence-electron chi connectivity index (χ1n) is 9.61. The molecule has 3 N–H and O–H groups in total. The summed E-state index contributed by atoms with van der Waals surface area (Å²) in [5.74, 6) is 0.889. The molecule has 3 aliphatic heterocycles. The summed E-state index contributed by atoms with van der Waals surface area (Å²) in [6.45, 7) is 2.86. The molecule has 3 atom stereocenters. The summed E-state index contributed by atoms with van der Waals surface area (Å²) in [5.41, 5.74) is 3.35. The number of rotatable bonds is 4. The Kier molecular flexibility index (Phi) is 4.36. The number of piperidine rings is 1. The zero-order valence-electron chi connectivity index (χ0n) is 15.8. The quantitative estimate of drug-likeness (QED) is 0.670. The molecule has 2 bridgehead atoms. The maximum absolute atomic E-state index is 13.2. The molecular weight excluding hydrogens is 382 g/mol. The van der Waals surface area contributed by atoms with Crippen LogP contribution in [0, 0.1) is 5.92 Å². The van der Waals surface area contributed by atoms with Crippen molar-refractivity contribution < 1.29 is 13.6 Å². The molecule has 3 aliphatic rings. The topological polar surface area (TPSA) is 89.8 Å². The van der Waals surface area contributed by atoms with Crippen molar-refractivity contribution in [3.8, 4) is 0 Å². The average molecular weight is 404 g/mol. The standard InChI is InChI=1S/C18H22F2N8O/c1-26-9-13(15(25-26)16(19)20)23-18(29)12-7-22-28-3-2-14(24-17(12)28)27-8-10-4-11(27)6-21-5-10/h2-3,7,9-11,15-16,21,25H,4-6,8H2,1H3,(H,23,29)/t10-,11+,15?/m0/s1. The Bertz CT molecular complexity index is 976. The monoisotopic (exact) mass is 404 g/mol. The highest BCUT2D eigenvalue weighted by atomic mass is 19.3. The number of hydrogen-bond donors (Lipinski definition) is 3. The van der Waals surface area contributed by atoms with E-state index in [0.717, 1.165) is 31.9 Å².